The number of H-pyrrole nitrogens is 1. The third kappa shape index (κ3) is 4.82. The zero-order valence-corrected chi connectivity index (χ0v) is 15.3. The number of nitrogens with one attached hydrogen (secondary N) is 2. The van der Waals surface area contributed by atoms with Crippen LogP contribution in [-0.4, -0.2) is 59.8 Å². The molecule has 0 radical (unpaired) electrons. The number of likely N-dealkylation sites (tertiary alicyclic amines) is 1. The summed E-state index contributed by atoms with van der Waals surface area (Å²) >= 11 is 0. The molecule has 0 aromatic carbocycles. The molecule has 1 aromatic rings. The number of carbonyl (C=O) groups excluding carboxylic acids is 1. The molecule has 1 atom stereocenters. The van der Waals surface area contributed by atoms with Crippen molar-refractivity contribution in [3.63, 3.8) is 0 Å². The number of hydrogen-bond donors (Lipinski definition) is 2. The van der Waals surface area contributed by atoms with Gasteiger partial charge in [0.15, 0.2) is 0 Å². The van der Waals surface area contributed by atoms with Crippen molar-refractivity contribution in [1.29, 1.82) is 0 Å². The number of aromatic nitrogens is 2. The number of hydrogen-bond acceptors (Lipinski definition) is 5. The molecule has 1 amide bonds. The van der Waals surface area contributed by atoms with Gasteiger partial charge in [0, 0.05) is 38.0 Å². The SMILES string of the molecule is Cc1cc(=O)n(CCN2CCC(CNC(=O)C3CCOC3)CC2)c(=O)[nH]1. The molecule has 3 rings (SSSR count). The maximum atomic E-state index is 12.0. The first-order valence-electron chi connectivity index (χ1n) is 9.41. The lowest BCUT2D eigenvalue weighted by Crippen LogP contribution is -2.43. The Morgan fingerprint density at radius 3 is 2.69 bits per heavy atom. The molecule has 2 saturated heterocycles. The first-order valence-corrected chi connectivity index (χ1v) is 9.41. The van der Waals surface area contributed by atoms with Gasteiger partial charge in [0.05, 0.1) is 12.5 Å². The Bertz CT molecular complexity index is 696. The van der Waals surface area contributed by atoms with Gasteiger partial charge in [-0.1, -0.05) is 0 Å². The van der Waals surface area contributed by atoms with Crippen molar-refractivity contribution < 1.29 is 9.53 Å². The van der Waals surface area contributed by atoms with Crippen LogP contribution in [0.5, 0.6) is 0 Å². The number of amides is 1. The molecular weight excluding hydrogens is 336 g/mol. The summed E-state index contributed by atoms with van der Waals surface area (Å²) in [7, 11) is 0. The van der Waals surface area contributed by atoms with Gasteiger partial charge in [0.25, 0.3) is 5.56 Å². The molecule has 0 saturated carbocycles. The van der Waals surface area contributed by atoms with E-state index in [4.69, 9.17) is 4.74 Å². The summed E-state index contributed by atoms with van der Waals surface area (Å²) in [4.78, 5) is 40.8. The van der Waals surface area contributed by atoms with E-state index in [0.29, 0.717) is 37.9 Å². The van der Waals surface area contributed by atoms with Gasteiger partial charge < -0.3 is 19.9 Å². The van der Waals surface area contributed by atoms with Crippen LogP contribution in [0, 0.1) is 18.8 Å². The van der Waals surface area contributed by atoms with E-state index in [2.05, 4.69) is 15.2 Å². The molecule has 0 aliphatic carbocycles. The Labute approximate surface area is 152 Å². The molecule has 3 heterocycles. The summed E-state index contributed by atoms with van der Waals surface area (Å²) in [5.74, 6) is 0.618. The van der Waals surface area contributed by atoms with Gasteiger partial charge in [-0.15, -0.1) is 0 Å². The van der Waals surface area contributed by atoms with E-state index in [-0.39, 0.29) is 23.1 Å². The van der Waals surface area contributed by atoms with Gasteiger partial charge in [0.1, 0.15) is 0 Å². The number of aromatic amines is 1. The van der Waals surface area contributed by atoms with E-state index in [1.54, 1.807) is 6.92 Å². The van der Waals surface area contributed by atoms with Crippen LogP contribution in [0.2, 0.25) is 0 Å². The van der Waals surface area contributed by atoms with Crippen molar-refractivity contribution in [3.05, 3.63) is 32.6 Å². The van der Waals surface area contributed by atoms with Crippen molar-refractivity contribution >= 4 is 5.91 Å². The molecule has 2 fully saturated rings. The fraction of sp³-hybridized carbons (Fsp3) is 0.722. The van der Waals surface area contributed by atoms with E-state index in [0.717, 1.165) is 38.9 Å². The predicted molar refractivity (Wildman–Crippen MR) is 97.2 cm³/mol. The molecule has 1 aromatic heterocycles. The Balaban J connectivity index is 1.39. The molecule has 2 aliphatic rings. The molecule has 2 aliphatic heterocycles. The second-order valence-electron chi connectivity index (χ2n) is 7.34. The van der Waals surface area contributed by atoms with Gasteiger partial charge in [-0.25, -0.2) is 4.79 Å². The molecule has 1 unspecified atom stereocenters. The zero-order chi connectivity index (χ0) is 18.5. The number of nitrogens with zero attached hydrogens (tertiary/aromatic N) is 2. The van der Waals surface area contributed by atoms with Gasteiger partial charge >= 0.3 is 5.69 Å². The van der Waals surface area contributed by atoms with Crippen molar-refractivity contribution in [2.45, 2.75) is 32.7 Å². The number of ether oxygens (including phenoxy) is 1. The molecule has 144 valence electrons. The van der Waals surface area contributed by atoms with Crippen LogP contribution in [0.1, 0.15) is 25.0 Å². The summed E-state index contributed by atoms with van der Waals surface area (Å²) in [5.41, 5.74) is -0.00786. The highest BCUT2D eigenvalue weighted by Crippen LogP contribution is 2.17. The monoisotopic (exact) mass is 364 g/mol. The van der Waals surface area contributed by atoms with E-state index in [9.17, 15) is 14.4 Å². The highest BCUT2D eigenvalue weighted by atomic mass is 16.5. The fourth-order valence-corrected chi connectivity index (χ4v) is 3.63. The summed E-state index contributed by atoms with van der Waals surface area (Å²) in [6.45, 7) is 6.58. The normalized spacial score (nSPS) is 21.8. The number of piperidine rings is 1. The van der Waals surface area contributed by atoms with Crippen molar-refractivity contribution in [2.24, 2.45) is 11.8 Å². The highest BCUT2D eigenvalue weighted by molar-refractivity contribution is 5.78. The van der Waals surface area contributed by atoms with Gasteiger partial charge in [0.2, 0.25) is 5.91 Å². The Hall–Kier alpha value is -1.93. The Morgan fingerprint density at radius 2 is 2.04 bits per heavy atom. The maximum Gasteiger partial charge on any atom is 0.328 e. The minimum absolute atomic E-state index is 0.0148. The molecule has 2 N–H and O–H groups in total. The van der Waals surface area contributed by atoms with E-state index in [1.165, 1.54) is 10.6 Å². The molecule has 0 spiro atoms. The van der Waals surface area contributed by atoms with Crippen molar-refractivity contribution in [2.75, 3.05) is 39.4 Å². The lowest BCUT2D eigenvalue weighted by Gasteiger charge is -2.32. The third-order valence-corrected chi connectivity index (χ3v) is 5.37. The summed E-state index contributed by atoms with van der Waals surface area (Å²) in [6, 6.07) is 1.45. The van der Waals surface area contributed by atoms with Gasteiger partial charge in [-0.2, -0.15) is 0 Å². The number of aryl methyl sites for hydroxylation is 1. The van der Waals surface area contributed by atoms with E-state index < -0.39 is 0 Å². The van der Waals surface area contributed by atoms with Crippen molar-refractivity contribution in [3.8, 4) is 0 Å². The quantitative estimate of drug-likeness (QED) is 0.723. The maximum absolute atomic E-state index is 12.0. The van der Waals surface area contributed by atoms with Crippen LogP contribution in [0.15, 0.2) is 15.7 Å². The van der Waals surface area contributed by atoms with Crippen LogP contribution < -0.4 is 16.6 Å². The fourth-order valence-electron chi connectivity index (χ4n) is 3.63. The van der Waals surface area contributed by atoms with Crippen LogP contribution >= 0.6 is 0 Å². The number of carbonyl (C=O) groups is 1. The first-order chi connectivity index (χ1) is 12.5. The van der Waals surface area contributed by atoms with Crippen LogP contribution in [-0.2, 0) is 16.1 Å². The lowest BCUT2D eigenvalue weighted by atomic mass is 9.96. The molecule has 26 heavy (non-hydrogen) atoms. The van der Waals surface area contributed by atoms with Crippen LogP contribution in [0.3, 0.4) is 0 Å². The minimum atomic E-state index is -0.344. The third-order valence-electron chi connectivity index (χ3n) is 5.37. The molecule has 8 nitrogen and oxygen atoms in total. The minimum Gasteiger partial charge on any atom is -0.381 e. The molecule has 0 bridgehead atoms. The van der Waals surface area contributed by atoms with Gasteiger partial charge in [-0.05, 0) is 45.2 Å². The molecule has 8 heteroatoms. The standard InChI is InChI=1S/C18H28N4O4/c1-13-10-16(23)22(18(25)20-13)8-7-21-5-2-14(3-6-21)11-19-17(24)15-4-9-26-12-15/h10,14-15H,2-9,11-12H2,1H3,(H,19,24)(H,20,25). The van der Waals surface area contributed by atoms with E-state index >= 15 is 0 Å². The average Bonchev–Trinajstić information content (AvgIpc) is 3.14. The van der Waals surface area contributed by atoms with Crippen molar-refractivity contribution in [1.82, 2.24) is 19.8 Å². The summed E-state index contributed by atoms with van der Waals surface area (Å²) in [6.07, 6.45) is 2.85. The average molecular weight is 364 g/mol. The highest BCUT2D eigenvalue weighted by Gasteiger charge is 2.25. The van der Waals surface area contributed by atoms with E-state index in [1.807, 2.05) is 0 Å². The van der Waals surface area contributed by atoms with Gasteiger partial charge in [-0.3, -0.25) is 14.2 Å². The smallest absolute Gasteiger partial charge is 0.328 e. The lowest BCUT2D eigenvalue weighted by molar-refractivity contribution is -0.125. The Kier molecular flexibility index (Phi) is 6.26. The largest absolute Gasteiger partial charge is 0.381 e. The zero-order valence-electron chi connectivity index (χ0n) is 15.3. The summed E-state index contributed by atoms with van der Waals surface area (Å²) in [5, 5.41) is 3.06. The second-order valence-corrected chi connectivity index (χ2v) is 7.34. The predicted octanol–water partition coefficient (Wildman–Crippen LogP) is -0.290. The molecular formula is C18H28N4O4. The Morgan fingerprint density at radius 1 is 1.27 bits per heavy atom. The first kappa shape index (κ1) is 18.8. The number of rotatable bonds is 6. The van der Waals surface area contributed by atoms with Crippen LogP contribution in [0.4, 0.5) is 0 Å². The summed E-state index contributed by atoms with van der Waals surface area (Å²) < 4.78 is 6.51. The van der Waals surface area contributed by atoms with Crippen LogP contribution in [0.25, 0.3) is 0 Å². The second kappa shape index (κ2) is 8.64. The topological polar surface area (TPSA) is 96.4 Å².